The zero-order valence-electron chi connectivity index (χ0n) is 11.9. The van der Waals surface area contributed by atoms with E-state index in [1.807, 2.05) is 52.0 Å². The van der Waals surface area contributed by atoms with E-state index >= 15 is 0 Å². The molecule has 0 heterocycles. The molecule has 0 aliphatic heterocycles. The SMILES string of the molecule is CC.CC.COC(=O)CC(N)c1ccc(Br)cc1. The lowest BCUT2D eigenvalue weighted by molar-refractivity contribution is -0.141. The maximum atomic E-state index is 11.0. The average molecular weight is 318 g/mol. The molecule has 0 aromatic heterocycles. The van der Waals surface area contributed by atoms with Crippen LogP contribution in [0.4, 0.5) is 0 Å². The van der Waals surface area contributed by atoms with Crippen LogP contribution in [0.3, 0.4) is 0 Å². The van der Waals surface area contributed by atoms with E-state index in [1.165, 1.54) is 7.11 Å². The average Bonchev–Trinajstić information content (AvgIpc) is 2.43. The van der Waals surface area contributed by atoms with Gasteiger partial charge in [0.2, 0.25) is 0 Å². The molecule has 0 radical (unpaired) electrons. The third-order valence-corrected chi connectivity index (χ3v) is 2.44. The molecule has 18 heavy (non-hydrogen) atoms. The number of halogens is 1. The fourth-order valence-corrected chi connectivity index (χ4v) is 1.36. The maximum Gasteiger partial charge on any atom is 0.307 e. The Bertz CT molecular complexity index is 312. The van der Waals surface area contributed by atoms with Gasteiger partial charge in [0.15, 0.2) is 0 Å². The first kappa shape index (κ1) is 19.5. The quantitative estimate of drug-likeness (QED) is 0.855. The van der Waals surface area contributed by atoms with E-state index in [0.29, 0.717) is 0 Å². The number of rotatable bonds is 3. The summed E-state index contributed by atoms with van der Waals surface area (Å²) in [6, 6.07) is 7.27. The molecule has 1 aromatic rings. The zero-order valence-corrected chi connectivity index (χ0v) is 13.5. The van der Waals surface area contributed by atoms with Crippen LogP contribution in [0.5, 0.6) is 0 Å². The maximum absolute atomic E-state index is 11.0. The molecular weight excluding hydrogens is 294 g/mol. The molecule has 0 aliphatic rings. The van der Waals surface area contributed by atoms with Crippen LogP contribution in [-0.4, -0.2) is 13.1 Å². The first-order valence-electron chi connectivity index (χ1n) is 6.21. The van der Waals surface area contributed by atoms with Crippen LogP contribution in [0, 0.1) is 0 Å². The van der Waals surface area contributed by atoms with Crippen molar-refractivity contribution < 1.29 is 9.53 Å². The number of benzene rings is 1. The second kappa shape index (κ2) is 12.6. The molecule has 3 nitrogen and oxygen atoms in total. The summed E-state index contributed by atoms with van der Waals surface area (Å²) in [6.07, 6.45) is 0.206. The van der Waals surface area contributed by atoms with Crippen molar-refractivity contribution in [2.75, 3.05) is 7.11 Å². The summed E-state index contributed by atoms with van der Waals surface area (Å²) in [6.45, 7) is 8.00. The summed E-state index contributed by atoms with van der Waals surface area (Å²) in [5.41, 5.74) is 6.73. The molecule has 0 saturated carbocycles. The first-order chi connectivity index (χ1) is 8.63. The number of hydrogen-bond acceptors (Lipinski definition) is 3. The van der Waals surface area contributed by atoms with Crippen LogP contribution in [0.15, 0.2) is 28.7 Å². The topological polar surface area (TPSA) is 52.3 Å². The van der Waals surface area contributed by atoms with Crippen molar-refractivity contribution in [2.45, 2.75) is 40.2 Å². The Morgan fingerprint density at radius 2 is 1.67 bits per heavy atom. The van der Waals surface area contributed by atoms with Crippen molar-refractivity contribution in [3.8, 4) is 0 Å². The van der Waals surface area contributed by atoms with Gasteiger partial charge in [-0.3, -0.25) is 4.79 Å². The summed E-state index contributed by atoms with van der Waals surface area (Å²) in [5, 5.41) is 0. The number of nitrogens with two attached hydrogens (primary N) is 1. The van der Waals surface area contributed by atoms with Gasteiger partial charge in [-0.05, 0) is 17.7 Å². The first-order valence-corrected chi connectivity index (χ1v) is 7.00. The normalized spacial score (nSPS) is 10.2. The van der Waals surface area contributed by atoms with Crippen LogP contribution in [-0.2, 0) is 9.53 Å². The molecule has 1 atom stereocenters. The highest BCUT2D eigenvalue weighted by atomic mass is 79.9. The van der Waals surface area contributed by atoms with Gasteiger partial charge < -0.3 is 10.5 Å². The van der Waals surface area contributed by atoms with Crippen LogP contribution in [0.1, 0.15) is 45.7 Å². The number of esters is 1. The number of carbonyl (C=O) groups excluding carboxylic acids is 1. The summed E-state index contributed by atoms with van der Waals surface area (Å²) >= 11 is 3.33. The zero-order chi connectivity index (χ0) is 14.6. The molecule has 1 aromatic carbocycles. The second-order valence-corrected chi connectivity index (χ2v) is 3.85. The highest BCUT2D eigenvalue weighted by Gasteiger charge is 2.11. The molecule has 1 rings (SSSR count). The molecule has 0 fully saturated rings. The van der Waals surface area contributed by atoms with Gasteiger partial charge in [-0.25, -0.2) is 0 Å². The Morgan fingerprint density at radius 1 is 1.22 bits per heavy atom. The Balaban J connectivity index is 0. The van der Waals surface area contributed by atoms with E-state index in [9.17, 15) is 4.79 Å². The molecule has 1 unspecified atom stereocenters. The minimum atomic E-state index is -0.296. The molecule has 0 aliphatic carbocycles. The second-order valence-electron chi connectivity index (χ2n) is 2.94. The Hall–Kier alpha value is -0.870. The van der Waals surface area contributed by atoms with Crippen molar-refractivity contribution in [3.63, 3.8) is 0 Å². The van der Waals surface area contributed by atoms with Crippen molar-refractivity contribution in [3.05, 3.63) is 34.3 Å². The van der Waals surface area contributed by atoms with Gasteiger partial charge in [0.05, 0.1) is 13.5 Å². The van der Waals surface area contributed by atoms with E-state index in [-0.39, 0.29) is 18.4 Å². The lowest BCUT2D eigenvalue weighted by Gasteiger charge is -2.10. The Labute approximate surface area is 119 Å². The minimum Gasteiger partial charge on any atom is -0.469 e. The largest absolute Gasteiger partial charge is 0.469 e. The van der Waals surface area contributed by atoms with E-state index in [0.717, 1.165) is 10.0 Å². The lowest BCUT2D eigenvalue weighted by Crippen LogP contribution is -2.16. The highest BCUT2D eigenvalue weighted by Crippen LogP contribution is 2.17. The smallest absolute Gasteiger partial charge is 0.307 e. The van der Waals surface area contributed by atoms with Gasteiger partial charge >= 0.3 is 5.97 Å². The van der Waals surface area contributed by atoms with Crippen LogP contribution >= 0.6 is 15.9 Å². The predicted octanol–water partition coefficient (Wildman–Crippen LogP) is 4.06. The van der Waals surface area contributed by atoms with Crippen molar-refractivity contribution in [1.82, 2.24) is 0 Å². The summed E-state index contributed by atoms with van der Waals surface area (Å²) in [5.74, 6) is -0.291. The van der Waals surface area contributed by atoms with E-state index in [2.05, 4.69) is 20.7 Å². The molecule has 2 N–H and O–H groups in total. The molecule has 4 heteroatoms. The van der Waals surface area contributed by atoms with Crippen LogP contribution in [0.25, 0.3) is 0 Å². The molecule has 104 valence electrons. The van der Waals surface area contributed by atoms with Crippen molar-refractivity contribution in [2.24, 2.45) is 5.73 Å². The van der Waals surface area contributed by atoms with Gasteiger partial charge in [0.25, 0.3) is 0 Å². The van der Waals surface area contributed by atoms with Crippen LogP contribution < -0.4 is 5.73 Å². The molecular formula is C14H24BrNO2. The fourth-order valence-electron chi connectivity index (χ4n) is 1.09. The van der Waals surface area contributed by atoms with Crippen LogP contribution in [0.2, 0.25) is 0 Å². The molecule has 0 saturated heterocycles. The van der Waals surface area contributed by atoms with Gasteiger partial charge in [0, 0.05) is 10.5 Å². The Morgan fingerprint density at radius 3 is 2.06 bits per heavy atom. The molecule has 0 spiro atoms. The Kier molecular flexibility index (Phi) is 13.6. The number of methoxy groups -OCH3 is 1. The number of ether oxygens (including phenoxy) is 1. The third-order valence-electron chi connectivity index (χ3n) is 1.91. The number of hydrogen-bond donors (Lipinski definition) is 1. The highest BCUT2D eigenvalue weighted by molar-refractivity contribution is 9.10. The van der Waals surface area contributed by atoms with E-state index in [1.54, 1.807) is 0 Å². The van der Waals surface area contributed by atoms with Gasteiger partial charge in [-0.15, -0.1) is 0 Å². The standard InChI is InChI=1S/C10H12BrNO2.2C2H6/c1-14-10(13)6-9(12)7-2-4-8(11)5-3-7;2*1-2/h2-5,9H,6,12H2,1H3;2*1-2H3. The monoisotopic (exact) mass is 317 g/mol. The van der Waals surface area contributed by atoms with Gasteiger partial charge in [-0.1, -0.05) is 55.8 Å². The molecule has 0 bridgehead atoms. The van der Waals surface area contributed by atoms with E-state index in [4.69, 9.17) is 5.73 Å². The van der Waals surface area contributed by atoms with Crippen molar-refractivity contribution >= 4 is 21.9 Å². The lowest BCUT2D eigenvalue weighted by atomic mass is 10.1. The van der Waals surface area contributed by atoms with E-state index < -0.39 is 0 Å². The number of carbonyl (C=O) groups is 1. The predicted molar refractivity (Wildman–Crippen MR) is 80.4 cm³/mol. The third kappa shape index (κ3) is 8.25. The molecule has 0 amide bonds. The van der Waals surface area contributed by atoms with Crippen molar-refractivity contribution in [1.29, 1.82) is 0 Å². The fraction of sp³-hybridized carbons (Fsp3) is 0.500. The summed E-state index contributed by atoms with van der Waals surface area (Å²) < 4.78 is 5.53. The van der Waals surface area contributed by atoms with Gasteiger partial charge in [0.1, 0.15) is 0 Å². The summed E-state index contributed by atoms with van der Waals surface area (Å²) in [4.78, 5) is 11.0. The minimum absolute atomic E-state index is 0.206. The van der Waals surface area contributed by atoms with Gasteiger partial charge in [-0.2, -0.15) is 0 Å². The summed E-state index contributed by atoms with van der Waals surface area (Å²) in [7, 11) is 1.36.